The molecule has 0 N–H and O–H groups in total. The molecule has 3 nitrogen and oxygen atoms in total. The highest BCUT2D eigenvalue weighted by atomic mass is 16.6. The fourth-order valence-electron chi connectivity index (χ4n) is 1.90. The summed E-state index contributed by atoms with van der Waals surface area (Å²) < 4.78 is 10.8. The van der Waals surface area contributed by atoms with E-state index in [0.29, 0.717) is 12.3 Å². The largest absolute Gasteiger partial charge is 0.425 e. The van der Waals surface area contributed by atoms with E-state index >= 15 is 0 Å². The van der Waals surface area contributed by atoms with E-state index in [1.165, 1.54) is 0 Å². The zero-order valence-electron chi connectivity index (χ0n) is 11.0. The first-order valence-corrected chi connectivity index (χ1v) is 6.38. The molecule has 3 heteroatoms. The predicted molar refractivity (Wildman–Crippen MR) is 70.8 cm³/mol. The van der Waals surface area contributed by atoms with Crippen molar-refractivity contribution in [1.29, 1.82) is 0 Å². The summed E-state index contributed by atoms with van der Waals surface area (Å²) in [6.07, 6.45) is 1.39. The minimum Gasteiger partial charge on any atom is -0.425 e. The lowest BCUT2D eigenvalue weighted by Gasteiger charge is -2.08. The fraction of sp³-hybridized carbons (Fsp3) is 0.400. The van der Waals surface area contributed by atoms with Crippen molar-refractivity contribution in [2.24, 2.45) is 0 Å². The van der Waals surface area contributed by atoms with Gasteiger partial charge in [0.2, 0.25) is 0 Å². The number of benzene rings is 1. The number of para-hydroxylation sites is 1. The third kappa shape index (κ3) is 2.40. The molecule has 1 unspecified atom stereocenters. The maximum atomic E-state index is 11.3. The number of hydrogen-bond donors (Lipinski definition) is 0. The van der Waals surface area contributed by atoms with E-state index in [1.807, 2.05) is 12.1 Å². The minimum atomic E-state index is -0.279. The van der Waals surface area contributed by atoms with Gasteiger partial charge in [-0.3, -0.25) is 4.79 Å². The van der Waals surface area contributed by atoms with Gasteiger partial charge in [0.1, 0.15) is 5.58 Å². The number of carbonyl (C=O) groups excluding carboxylic acids is 1. The summed E-state index contributed by atoms with van der Waals surface area (Å²) in [5.74, 6) is 0.432. The molecule has 0 radical (unpaired) electrons. The van der Waals surface area contributed by atoms with Crippen LogP contribution in [0.4, 0.5) is 0 Å². The molecule has 0 aliphatic carbocycles. The molecule has 0 spiro atoms. The van der Waals surface area contributed by atoms with Crippen LogP contribution in [0.15, 0.2) is 28.7 Å². The van der Waals surface area contributed by atoms with Gasteiger partial charge in [0.25, 0.3) is 5.95 Å². The van der Waals surface area contributed by atoms with Crippen LogP contribution in [0.2, 0.25) is 0 Å². The Hall–Kier alpha value is -1.77. The molecule has 2 aromatic rings. The van der Waals surface area contributed by atoms with Gasteiger partial charge in [-0.05, 0) is 17.9 Å². The number of esters is 1. The molecule has 18 heavy (non-hydrogen) atoms. The van der Waals surface area contributed by atoms with Crippen molar-refractivity contribution in [2.75, 3.05) is 0 Å². The summed E-state index contributed by atoms with van der Waals surface area (Å²) in [6, 6.07) is 7.80. The average Bonchev–Trinajstić information content (AvgIpc) is 2.79. The van der Waals surface area contributed by atoms with Gasteiger partial charge in [-0.1, -0.05) is 39.0 Å². The highest BCUT2D eigenvalue weighted by molar-refractivity contribution is 5.83. The van der Waals surface area contributed by atoms with E-state index in [2.05, 4.69) is 19.9 Å². The smallest absolute Gasteiger partial charge is 0.313 e. The highest BCUT2D eigenvalue weighted by Crippen LogP contribution is 2.32. The van der Waals surface area contributed by atoms with E-state index < -0.39 is 0 Å². The number of furan rings is 1. The Morgan fingerprint density at radius 1 is 1.39 bits per heavy atom. The zero-order valence-corrected chi connectivity index (χ0v) is 11.0. The molecule has 0 saturated carbocycles. The second-order valence-electron chi connectivity index (χ2n) is 4.47. The standard InChI is InChI=1S/C15H18O3/c1-4-10(3)12-8-6-7-11-9-14(18-15(11)12)17-13(16)5-2/h6-10H,4-5H2,1-3H3. The minimum absolute atomic E-state index is 0.279. The Balaban J connectivity index is 2.41. The molecule has 1 aromatic heterocycles. The van der Waals surface area contributed by atoms with Crippen LogP contribution in [0.5, 0.6) is 5.95 Å². The molecule has 0 bridgehead atoms. The lowest BCUT2D eigenvalue weighted by molar-refractivity contribution is -0.135. The topological polar surface area (TPSA) is 39.4 Å². The molecule has 2 rings (SSSR count). The highest BCUT2D eigenvalue weighted by Gasteiger charge is 2.14. The normalized spacial score (nSPS) is 12.6. The lowest BCUT2D eigenvalue weighted by Crippen LogP contribution is -2.04. The molecule has 0 amide bonds. The number of hydrogen-bond acceptors (Lipinski definition) is 3. The van der Waals surface area contributed by atoms with Gasteiger partial charge < -0.3 is 9.15 Å². The van der Waals surface area contributed by atoms with Crippen molar-refractivity contribution in [2.45, 2.75) is 39.5 Å². The van der Waals surface area contributed by atoms with Crippen LogP contribution in [0.25, 0.3) is 11.0 Å². The molecular formula is C15H18O3. The van der Waals surface area contributed by atoms with Gasteiger partial charge >= 0.3 is 5.97 Å². The molecular weight excluding hydrogens is 228 g/mol. The van der Waals surface area contributed by atoms with Crippen LogP contribution >= 0.6 is 0 Å². The van der Waals surface area contributed by atoms with Crippen molar-refractivity contribution in [1.82, 2.24) is 0 Å². The van der Waals surface area contributed by atoms with Crippen molar-refractivity contribution >= 4 is 16.9 Å². The van der Waals surface area contributed by atoms with E-state index in [-0.39, 0.29) is 11.9 Å². The first-order chi connectivity index (χ1) is 8.65. The summed E-state index contributed by atoms with van der Waals surface area (Å²) in [5.41, 5.74) is 1.99. The number of fused-ring (bicyclic) bond motifs is 1. The third-order valence-electron chi connectivity index (χ3n) is 3.20. The quantitative estimate of drug-likeness (QED) is 0.756. The molecule has 0 aliphatic rings. The molecule has 96 valence electrons. The second-order valence-corrected chi connectivity index (χ2v) is 4.47. The van der Waals surface area contributed by atoms with Crippen molar-refractivity contribution in [3.05, 3.63) is 29.8 Å². The predicted octanol–water partition coefficient (Wildman–Crippen LogP) is 4.26. The van der Waals surface area contributed by atoms with Crippen LogP contribution < -0.4 is 4.74 Å². The van der Waals surface area contributed by atoms with Crippen LogP contribution in [0.3, 0.4) is 0 Å². The number of ether oxygens (including phenoxy) is 1. The Labute approximate surface area is 107 Å². The lowest BCUT2D eigenvalue weighted by atomic mass is 9.97. The Morgan fingerprint density at radius 2 is 2.17 bits per heavy atom. The van der Waals surface area contributed by atoms with Crippen molar-refractivity contribution < 1.29 is 13.9 Å². The molecule has 0 saturated heterocycles. The molecule has 1 aromatic carbocycles. The van der Waals surface area contributed by atoms with Gasteiger partial charge in [0.05, 0.1) is 0 Å². The zero-order chi connectivity index (χ0) is 13.1. The summed E-state index contributed by atoms with van der Waals surface area (Å²) >= 11 is 0. The third-order valence-corrected chi connectivity index (χ3v) is 3.20. The van der Waals surface area contributed by atoms with Gasteiger partial charge in [0, 0.05) is 17.9 Å². The monoisotopic (exact) mass is 246 g/mol. The summed E-state index contributed by atoms with van der Waals surface area (Å²) in [6.45, 7) is 6.06. The van der Waals surface area contributed by atoms with Gasteiger partial charge in [-0.25, -0.2) is 0 Å². The Bertz CT molecular complexity index is 554. The molecule has 1 heterocycles. The average molecular weight is 246 g/mol. The Morgan fingerprint density at radius 3 is 2.83 bits per heavy atom. The maximum Gasteiger partial charge on any atom is 0.313 e. The van der Waals surface area contributed by atoms with Gasteiger partial charge in [-0.2, -0.15) is 0 Å². The molecule has 0 fully saturated rings. The number of carbonyl (C=O) groups is 1. The molecule has 1 atom stereocenters. The summed E-state index contributed by atoms with van der Waals surface area (Å²) in [7, 11) is 0. The van der Waals surface area contributed by atoms with E-state index in [4.69, 9.17) is 9.15 Å². The van der Waals surface area contributed by atoms with E-state index in [9.17, 15) is 4.79 Å². The van der Waals surface area contributed by atoms with Gasteiger partial charge in [0.15, 0.2) is 0 Å². The SMILES string of the molecule is CCC(=O)Oc1cc2cccc(C(C)CC)c2o1. The maximum absolute atomic E-state index is 11.3. The van der Waals surface area contributed by atoms with Crippen LogP contribution in [-0.2, 0) is 4.79 Å². The second kappa shape index (κ2) is 5.25. The van der Waals surface area contributed by atoms with Crippen LogP contribution in [0.1, 0.15) is 45.1 Å². The Kier molecular flexibility index (Phi) is 3.70. The molecule has 0 aliphatic heterocycles. The van der Waals surface area contributed by atoms with E-state index in [1.54, 1.807) is 13.0 Å². The van der Waals surface area contributed by atoms with Crippen LogP contribution in [0, 0.1) is 0 Å². The van der Waals surface area contributed by atoms with E-state index in [0.717, 1.165) is 23.0 Å². The van der Waals surface area contributed by atoms with Gasteiger partial charge in [-0.15, -0.1) is 0 Å². The summed E-state index contributed by atoms with van der Waals surface area (Å²) in [5, 5.41) is 0.978. The first-order valence-electron chi connectivity index (χ1n) is 6.38. The first kappa shape index (κ1) is 12.7. The number of rotatable bonds is 4. The van der Waals surface area contributed by atoms with Crippen molar-refractivity contribution in [3.8, 4) is 5.95 Å². The summed E-state index contributed by atoms with van der Waals surface area (Å²) in [4.78, 5) is 11.3. The van der Waals surface area contributed by atoms with Crippen LogP contribution in [-0.4, -0.2) is 5.97 Å². The van der Waals surface area contributed by atoms with Crippen molar-refractivity contribution in [3.63, 3.8) is 0 Å². The fourth-order valence-corrected chi connectivity index (χ4v) is 1.90.